The molecule has 4 aromatic heterocycles. The van der Waals surface area contributed by atoms with Crippen LogP contribution in [0.5, 0.6) is 0 Å². The van der Waals surface area contributed by atoms with Crippen molar-refractivity contribution in [2.75, 3.05) is 14.2 Å². The fourth-order valence-electron chi connectivity index (χ4n) is 5.24. The Morgan fingerprint density at radius 1 is 0.776 bits per heavy atom. The fourth-order valence-corrected chi connectivity index (χ4v) is 6.23. The number of H-pyrrole nitrogens is 1. The third kappa shape index (κ3) is 10.0. The Morgan fingerprint density at radius 3 is 1.88 bits per heavy atom. The molecule has 0 radical (unpaired) electrons. The van der Waals surface area contributed by atoms with E-state index in [0.29, 0.717) is 32.0 Å². The highest BCUT2D eigenvalue weighted by atomic mass is 79.9. The Morgan fingerprint density at radius 2 is 1.31 bits per heavy atom. The van der Waals surface area contributed by atoms with Crippen molar-refractivity contribution in [3.05, 3.63) is 105 Å². The molecule has 6 aromatic rings. The van der Waals surface area contributed by atoms with E-state index in [2.05, 4.69) is 66.6 Å². The average Bonchev–Trinajstić information content (AvgIpc) is 3.81. The van der Waals surface area contributed by atoms with Gasteiger partial charge in [0, 0.05) is 21.3 Å². The molecule has 1 fully saturated rings. The smallest absolute Gasteiger partial charge is 0.464 e. The van der Waals surface area contributed by atoms with Gasteiger partial charge < -0.3 is 18.8 Å². The first-order valence-electron chi connectivity index (χ1n) is 16.5. The number of carbonyl (C=O) groups is 2. The molecule has 0 amide bonds. The summed E-state index contributed by atoms with van der Waals surface area (Å²) < 4.78 is 100. The number of fused-ring (bicyclic) bond motifs is 2. The van der Waals surface area contributed by atoms with Crippen LogP contribution in [-0.2, 0) is 31.1 Å². The van der Waals surface area contributed by atoms with E-state index >= 15 is 0 Å². The van der Waals surface area contributed by atoms with Gasteiger partial charge in [0.05, 0.1) is 53.0 Å². The second-order valence-electron chi connectivity index (χ2n) is 13.1. The van der Waals surface area contributed by atoms with Gasteiger partial charge in [0.25, 0.3) is 0 Å². The molecule has 7 rings (SSSR count). The Balaban J connectivity index is 0.000000199. The lowest BCUT2D eigenvalue weighted by Crippen LogP contribution is -2.41. The molecule has 1 aliphatic rings. The molecule has 58 heavy (non-hydrogen) atoms. The molecule has 21 heteroatoms. The number of aromatic nitrogens is 6. The molecule has 1 saturated heterocycles. The number of halogens is 8. The first-order chi connectivity index (χ1) is 26.6. The zero-order valence-electron chi connectivity index (χ0n) is 30.7. The second-order valence-corrected chi connectivity index (χ2v) is 15.0. The maximum absolute atomic E-state index is 13.0. The van der Waals surface area contributed by atoms with Crippen molar-refractivity contribution in [1.29, 1.82) is 0 Å². The van der Waals surface area contributed by atoms with E-state index in [0.717, 1.165) is 24.3 Å². The molecule has 0 atom stereocenters. The minimum atomic E-state index is -4.51. The molecule has 12 nitrogen and oxygen atoms in total. The Hall–Kier alpha value is -4.86. The van der Waals surface area contributed by atoms with Gasteiger partial charge in [0.15, 0.2) is 22.7 Å². The lowest BCUT2D eigenvalue weighted by molar-refractivity contribution is -0.138. The maximum Gasteiger partial charge on any atom is 0.494 e. The van der Waals surface area contributed by atoms with Crippen LogP contribution in [0.2, 0.25) is 0 Å². The normalized spacial score (nSPS) is 14.5. The summed E-state index contributed by atoms with van der Waals surface area (Å²) in [7, 11) is 1.72. The number of ether oxygens (including phenoxy) is 2. The van der Waals surface area contributed by atoms with Crippen molar-refractivity contribution in [3.8, 4) is 5.69 Å². The minimum absolute atomic E-state index is 0. The van der Waals surface area contributed by atoms with E-state index in [9.17, 15) is 35.9 Å². The highest BCUT2D eigenvalue weighted by molar-refractivity contribution is 9.10. The molecule has 1 aliphatic heterocycles. The summed E-state index contributed by atoms with van der Waals surface area (Å²) in [6.45, 7) is 7.43. The van der Waals surface area contributed by atoms with Gasteiger partial charge in [-0.3, -0.25) is 5.10 Å². The van der Waals surface area contributed by atoms with Crippen molar-refractivity contribution >= 4 is 78.4 Å². The van der Waals surface area contributed by atoms with Crippen LogP contribution < -0.4 is 5.46 Å². The largest absolute Gasteiger partial charge is 0.494 e. The molecule has 0 saturated carbocycles. The molecule has 0 aliphatic carbocycles. The van der Waals surface area contributed by atoms with E-state index in [1.54, 1.807) is 36.5 Å². The second kappa shape index (κ2) is 17.6. The SMILES string of the molecule is C.CC1(C)OB(c2cc(Br)cc(C(F)(F)F)c2)OC1(C)C.COC(=O)c1[nH]nc2ncccc12.COC(=O)c1nn(-c2cc(Br)cc(C(F)(F)F)c2)c2ncccc12. The molecule has 0 unspecified atom stereocenters. The van der Waals surface area contributed by atoms with Gasteiger partial charge in [0.1, 0.15) is 0 Å². The standard InChI is InChI=1S/C15H9BrF3N3O2.C13H15BBrF3O2.C8H7N3O2.CH4/c1-24-14(23)12-11-3-2-4-20-13(11)22(21-12)10-6-8(15(17,18)19)5-9(16)7-10;1-11(2)12(3,4)20-14(19-11)9-5-8(13(16,17)18)6-10(15)7-9;1-13-8(12)6-5-3-2-4-9-7(5)11-10-6;/h2-7H,1H3;5-7H,1-4H3;2-4H,1H3,(H,9,10,11);1H4. The lowest BCUT2D eigenvalue weighted by atomic mass is 9.78. The van der Waals surface area contributed by atoms with Gasteiger partial charge in [0.2, 0.25) is 0 Å². The van der Waals surface area contributed by atoms with E-state index < -0.39 is 53.7 Å². The number of carbonyl (C=O) groups excluding carboxylic acids is 2. The van der Waals surface area contributed by atoms with Gasteiger partial charge in [-0.1, -0.05) is 45.4 Å². The molecule has 2 aromatic carbocycles. The van der Waals surface area contributed by atoms with E-state index in [1.807, 2.05) is 27.7 Å². The van der Waals surface area contributed by atoms with Crippen molar-refractivity contribution in [3.63, 3.8) is 0 Å². The Labute approximate surface area is 345 Å². The molecule has 5 heterocycles. The number of methoxy groups -OCH3 is 2. The van der Waals surface area contributed by atoms with E-state index in [-0.39, 0.29) is 28.9 Å². The fraction of sp³-hybridized carbons (Fsp3) is 0.297. The van der Waals surface area contributed by atoms with Crippen LogP contribution in [0.4, 0.5) is 26.3 Å². The monoisotopic (exact) mass is 942 g/mol. The Kier molecular flexibility index (Phi) is 13.9. The van der Waals surface area contributed by atoms with E-state index in [4.69, 9.17) is 9.31 Å². The first kappa shape index (κ1) is 45.8. The van der Waals surface area contributed by atoms with Crippen molar-refractivity contribution < 1.29 is 54.7 Å². The molecule has 1 N–H and O–H groups in total. The molecule has 0 spiro atoms. The highest BCUT2D eigenvalue weighted by Crippen LogP contribution is 2.38. The molecule has 0 bridgehead atoms. The van der Waals surface area contributed by atoms with Crippen molar-refractivity contribution in [2.24, 2.45) is 0 Å². The summed E-state index contributed by atoms with van der Waals surface area (Å²) in [5, 5.41) is 11.6. The number of nitrogens with one attached hydrogen (secondary N) is 1. The van der Waals surface area contributed by atoms with Gasteiger partial charge in [-0.15, -0.1) is 0 Å². The van der Waals surface area contributed by atoms with Gasteiger partial charge in [-0.25, -0.2) is 24.2 Å². The Bertz CT molecular complexity index is 2420. The number of hydrogen-bond donors (Lipinski definition) is 1. The van der Waals surface area contributed by atoms with Crippen LogP contribution in [0, 0.1) is 0 Å². The van der Waals surface area contributed by atoms with Crippen LogP contribution in [0.3, 0.4) is 0 Å². The summed E-state index contributed by atoms with van der Waals surface area (Å²) >= 11 is 6.16. The predicted molar refractivity (Wildman–Crippen MR) is 210 cm³/mol. The van der Waals surface area contributed by atoms with Crippen LogP contribution >= 0.6 is 31.9 Å². The molecule has 308 valence electrons. The van der Waals surface area contributed by atoms with Crippen LogP contribution in [0.25, 0.3) is 27.8 Å². The van der Waals surface area contributed by atoms with E-state index in [1.165, 1.54) is 31.2 Å². The van der Waals surface area contributed by atoms with Crippen LogP contribution in [0.15, 0.2) is 82.0 Å². The number of pyridine rings is 2. The summed E-state index contributed by atoms with van der Waals surface area (Å²) in [4.78, 5) is 31.1. The first-order valence-corrected chi connectivity index (χ1v) is 18.1. The topological polar surface area (TPSA) is 143 Å². The lowest BCUT2D eigenvalue weighted by Gasteiger charge is -2.32. The number of benzene rings is 2. The quantitative estimate of drug-likeness (QED) is 0.103. The minimum Gasteiger partial charge on any atom is -0.464 e. The van der Waals surface area contributed by atoms with Crippen LogP contribution in [0.1, 0.15) is 67.2 Å². The number of rotatable bonds is 4. The third-order valence-electron chi connectivity index (χ3n) is 8.77. The average molecular weight is 944 g/mol. The number of aromatic amines is 1. The highest BCUT2D eigenvalue weighted by Gasteiger charge is 2.52. The van der Waals surface area contributed by atoms with Crippen molar-refractivity contribution in [1.82, 2.24) is 29.9 Å². The predicted octanol–water partition coefficient (Wildman–Crippen LogP) is 9.14. The number of nitrogens with zero attached hydrogens (tertiary/aromatic N) is 5. The summed E-state index contributed by atoms with van der Waals surface area (Å²) in [6.07, 6.45) is -5.84. The number of esters is 2. The third-order valence-corrected chi connectivity index (χ3v) is 9.68. The zero-order valence-corrected chi connectivity index (χ0v) is 33.9. The molecular formula is C37H35BBr2F6N6O6. The molecular weight excluding hydrogens is 909 g/mol. The summed E-state index contributed by atoms with van der Waals surface area (Å²) in [6, 6.07) is 13.7. The van der Waals surface area contributed by atoms with Crippen molar-refractivity contribution in [2.45, 2.75) is 58.7 Å². The summed E-state index contributed by atoms with van der Waals surface area (Å²) in [5.74, 6) is -1.13. The number of alkyl halides is 6. The number of hydrogen-bond acceptors (Lipinski definition) is 10. The van der Waals surface area contributed by atoms with Gasteiger partial charge in [-0.05, 0) is 87.8 Å². The van der Waals surface area contributed by atoms with Gasteiger partial charge in [-0.2, -0.15) is 36.5 Å². The van der Waals surface area contributed by atoms with Gasteiger partial charge >= 0.3 is 31.4 Å². The van der Waals surface area contributed by atoms with Crippen LogP contribution in [-0.4, -0.2) is 74.4 Å². The maximum atomic E-state index is 13.0. The summed E-state index contributed by atoms with van der Waals surface area (Å²) in [5.41, 5.74) is -1.17. The zero-order chi connectivity index (χ0) is 42.1.